The standard InChI is InChI=1S/C12H26N2O2/c1-9(2)8-14(10(3)4)12(15)11(13)6-7-16-5/h9-11H,6-8,13H2,1-5H3. The van der Waals surface area contributed by atoms with Gasteiger partial charge in [-0.3, -0.25) is 4.79 Å². The zero-order valence-corrected chi connectivity index (χ0v) is 11.2. The molecule has 1 amide bonds. The second-order valence-corrected chi connectivity index (χ2v) is 4.87. The van der Waals surface area contributed by atoms with E-state index in [0.717, 1.165) is 6.54 Å². The van der Waals surface area contributed by atoms with Crippen LogP contribution in [0.25, 0.3) is 0 Å². The summed E-state index contributed by atoms with van der Waals surface area (Å²) in [6.45, 7) is 9.52. The molecule has 2 N–H and O–H groups in total. The van der Waals surface area contributed by atoms with Gasteiger partial charge in [0.1, 0.15) is 0 Å². The van der Waals surface area contributed by atoms with Crippen molar-refractivity contribution in [1.82, 2.24) is 4.90 Å². The number of carbonyl (C=O) groups excluding carboxylic acids is 1. The van der Waals surface area contributed by atoms with Gasteiger partial charge in [-0.2, -0.15) is 0 Å². The van der Waals surface area contributed by atoms with Crippen molar-refractivity contribution >= 4 is 5.91 Å². The Morgan fingerprint density at radius 2 is 1.88 bits per heavy atom. The topological polar surface area (TPSA) is 55.6 Å². The summed E-state index contributed by atoms with van der Waals surface area (Å²) in [6, 6.07) is -0.246. The van der Waals surface area contributed by atoms with Gasteiger partial charge in [0.05, 0.1) is 6.04 Å². The molecule has 0 spiro atoms. The minimum atomic E-state index is -0.443. The quantitative estimate of drug-likeness (QED) is 0.716. The molecule has 16 heavy (non-hydrogen) atoms. The molecule has 0 fully saturated rings. The Hall–Kier alpha value is -0.610. The molecule has 0 aromatic heterocycles. The number of rotatable bonds is 7. The number of amides is 1. The second kappa shape index (κ2) is 7.63. The minimum Gasteiger partial charge on any atom is -0.385 e. The van der Waals surface area contributed by atoms with Gasteiger partial charge in [-0.05, 0) is 26.2 Å². The number of ether oxygens (including phenoxy) is 1. The summed E-state index contributed by atoms with van der Waals surface area (Å²) in [5.41, 5.74) is 5.85. The Morgan fingerprint density at radius 3 is 2.25 bits per heavy atom. The van der Waals surface area contributed by atoms with E-state index in [1.807, 2.05) is 18.7 Å². The number of hydrogen-bond acceptors (Lipinski definition) is 3. The van der Waals surface area contributed by atoms with Crippen LogP contribution in [0.3, 0.4) is 0 Å². The van der Waals surface area contributed by atoms with E-state index in [-0.39, 0.29) is 11.9 Å². The Bertz CT molecular complexity index is 205. The summed E-state index contributed by atoms with van der Waals surface area (Å²) < 4.78 is 4.93. The molecule has 0 bridgehead atoms. The molecule has 96 valence electrons. The molecule has 1 atom stereocenters. The van der Waals surface area contributed by atoms with Gasteiger partial charge in [0.2, 0.25) is 5.91 Å². The lowest BCUT2D eigenvalue weighted by Gasteiger charge is -2.30. The zero-order valence-electron chi connectivity index (χ0n) is 11.2. The van der Waals surface area contributed by atoms with Crippen LogP contribution in [0.15, 0.2) is 0 Å². The van der Waals surface area contributed by atoms with Crippen LogP contribution in [-0.2, 0) is 9.53 Å². The minimum absolute atomic E-state index is 0.0285. The SMILES string of the molecule is COCCC(N)C(=O)N(CC(C)C)C(C)C. The van der Waals surface area contributed by atoms with Crippen LogP contribution in [0, 0.1) is 5.92 Å². The van der Waals surface area contributed by atoms with Crippen molar-refractivity contribution in [3.05, 3.63) is 0 Å². The highest BCUT2D eigenvalue weighted by atomic mass is 16.5. The van der Waals surface area contributed by atoms with Gasteiger partial charge in [0, 0.05) is 26.3 Å². The molecule has 0 saturated carbocycles. The van der Waals surface area contributed by atoms with Crippen molar-refractivity contribution in [3.63, 3.8) is 0 Å². The van der Waals surface area contributed by atoms with E-state index in [0.29, 0.717) is 18.9 Å². The number of carbonyl (C=O) groups is 1. The Kier molecular flexibility index (Phi) is 7.34. The first-order valence-electron chi connectivity index (χ1n) is 5.95. The van der Waals surface area contributed by atoms with Crippen LogP contribution in [0.4, 0.5) is 0 Å². The third-order valence-corrected chi connectivity index (χ3v) is 2.42. The zero-order chi connectivity index (χ0) is 12.7. The molecule has 0 aliphatic rings. The molecule has 0 aromatic rings. The predicted molar refractivity (Wildman–Crippen MR) is 66.2 cm³/mol. The third kappa shape index (κ3) is 5.47. The Labute approximate surface area is 99.1 Å². The van der Waals surface area contributed by atoms with Gasteiger partial charge in [-0.25, -0.2) is 0 Å². The molecule has 1 unspecified atom stereocenters. The molecule has 0 radical (unpaired) electrons. The highest BCUT2D eigenvalue weighted by Crippen LogP contribution is 2.07. The monoisotopic (exact) mass is 230 g/mol. The van der Waals surface area contributed by atoms with Crippen LogP contribution in [0.1, 0.15) is 34.1 Å². The maximum atomic E-state index is 12.1. The summed E-state index contributed by atoms with van der Waals surface area (Å²) >= 11 is 0. The van der Waals surface area contributed by atoms with Gasteiger partial charge in [0.25, 0.3) is 0 Å². The van der Waals surface area contributed by atoms with E-state index in [9.17, 15) is 4.79 Å². The fourth-order valence-electron chi connectivity index (χ4n) is 1.53. The summed E-state index contributed by atoms with van der Waals surface area (Å²) in [5.74, 6) is 0.488. The van der Waals surface area contributed by atoms with Crippen LogP contribution < -0.4 is 5.73 Å². The van der Waals surface area contributed by atoms with Crippen molar-refractivity contribution in [1.29, 1.82) is 0 Å². The molecule has 0 aromatic carbocycles. The number of hydrogen-bond donors (Lipinski definition) is 1. The van der Waals surface area contributed by atoms with Crippen molar-refractivity contribution in [2.45, 2.75) is 46.2 Å². The second-order valence-electron chi connectivity index (χ2n) is 4.87. The normalized spacial score (nSPS) is 13.2. The van der Waals surface area contributed by atoms with E-state index >= 15 is 0 Å². The fourth-order valence-corrected chi connectivity index (χ4v) is 1.53. The number of methoxy groups -OCH3 is 1. The summed E-state index contributed by atoms with van der Waals surface area (Å²) in [7, 11) is 1.62. The van der Waals surface area contributed by atoms with Crippen LogP contribution in [0.5, 0.6) is 0 Å². The Balaban J connectivity index is 4.36. The summed E-state index contributed by atoms with van der Waals surface area (Å²) in [6.07, 6.45) is 0.580. The Morgan fingerprint density at radius 1 is 1.31 bits per heavy atom. The molecule has 0 heterocycles. The van der Waals surface area contributed by atoms with E-state index in [1.54, 1.807) is 7.11 Å². The highest BCUT2D eigenvalue weighted by molar-refractivity contribution is 5.81. The smallest absolute Gasteiger partial charge is 0.239 e. The van der Waals surface area contributed by atoms with E-state index in [2.05, 4.69) is 13.8 Å². The first-order chi connectivity index (χ1) is 7.40. The fraction of sp³-hybridized carbons (Fsp3) is 0.917. The largest absolute Gasteiger partial charge is 0.385 e. The van der Waals surface area contributed by atoms with Gasteiger partial charge in [-0.15, -0.1) is 0 Å². The van der Waals surface area contributed by atoms with Crippen molar-refractivity contribution in [3.8, 4) is 0 Å². The molecule has 0 saturated heterocycles. The lowest BCUT2D eigenvalue weighted by atomic mass is 10.1. The molecular weight excluding hydrogens is 204 g/mol. The third-order valence-electron chi connectivity index (χ3n) is 2.42. The van der Waals surface area contributed by atoms with Crippen molar-refractivity contribution in [2.75, 3.05) is 20.3 Å². The number of nitrogens with zero attached hydrogens (tertiary/aromatic N) is 1. The van der Waals surface area contributed by atoms with E-state index in [1.165, 1.54) is 0 Å². The summed E-state index contributed by atoms with van der Waals surface area (Å²) in [4.78, 5) is 13.9. The molecular formula is C12H26N2O2. The number of nitrogens with two attached hydrogens (primary N) is 1. The van der Waals surface area contributed by atoms with E-state index < -0.39 is 6.04 Å². The summed E-state index contributed by atoms with van der Waals surface area (Å²) in [5, 5.41) is 0. The average Bonchev–Trinajstić information content (AvgIpc) is 2.20. The molecule has 0 aliphatic carbocycles. The van der Waals surface area contributed by atoms with Crippen LogP contribution in [-0.4, -0.2) is 43.2 Å². The van der Waals surface area contributed by atoms with Crippen LogP contribution in [0.2, 0.25) is 0 Å². The predicted octanol–water partition coefficient (Wildman–Crippen LogP) is 1.24. The van der Waals surface area contributed by atoms with E-state index in [4.69, 9.17) is 10.5 Å². The van der Waals surface area contributed by atoms with Gasteiger partial charge in [0.15, 0.2) is 0 Å². The highest BCUT2D eigenvalue weighted by Gasteiger charge is 2.23. The lowest BCUT2D eigenvalue weighted by Crippen LogP contribution is -2.48. The van der Waals surface area contributed by atoms with Gasteiger partial charge >= 0.3 is 0 Å². The van der Waals surface area contributed by atoms with Gasteiger partial charge < -0.3 is 15.4 Å². The van der Waals surface area contributed by atoms with Crippen molar-refractivity contribution < 1.29 is 9.53 Å². The lowest BCUT2D eigenvalue weighted by molar-refractivity contribution is -0.135. The first kappa shape index (κ1) is 15.4. The molecule has 0 rings (SSSR count). The van der Waals surface area contributed by atoms with Gasteiger partial charge in [-0.1, -0.05) is 13.8 Å². The first-order valence-corrected chi connectivity index (χ1v) is 5.95. The molecule has 0 aliphatic heterocycles. The maximum Gasteiger partial charge on any atom is 0.239 e. The molecule has 4 heteroatoms. The van der Waals surface area contributed by atoms with Crippen LogP contribution >= 0.6 is 0 Å². The average molecular weight is 230 g/mol. The maximum absolute atomic E-state index is 12.1. The molecule has 4 nitrogen and oxygen atoms in total. The van der Waals surface area contributed by atoms with Crippen molar-refractivity contribution in [2.24, 2.45) is 11.7 Å².